The van der Waals surface area contributed by atoms with E-state index in [1.54, 1.807) is 7.11 Å². The topological polar surface area (TPSA) is 79.1 Å². The van der Waals surface area contributed by atoms with Crippen molar-refractivity contribution in [2.24, 2.45) is 5.10 Å². The number of nitrogens with zero attached hydrogens (tertiary/aromatic N) is 3. The third-order valence-corrected chi connectivity index (χ3v) is 6.23. The van der Waals surface area contributed by atoms with Gasteiger partial charge in [0.1, 0.15) is 5.75 Å². The van der Waals surface area contributed by atoms with Gasteiger partial charge in [-0.15, -0.1) is 0 Å². The zero-order chi connectivity index (χ0) is 25.1. The van der Waals surface area contributed by atoms with Crippen molar-refractivity contribution in [2.45, 2.75) is 19.6 Å². The van der Waals surface area contributed by atoms with Crippen molar-refractivity contribution < 1.29 is 14.6 Å². The third kappa shape index (κ3) is 4.61. The number of hydrogen-bond acceptors (Lipinski definition) is 5. The van der Waals surface area contributed by atoms with Gasteiger partial charge in [-0.2, -0.15) is 10.1 Å². The molecule has 7 nitrogen and oxygen atoms in total. The molecule has 0 saturated heterocycles. The average Bonchev–Trinajstić information content (AvgIpc) is 3.40. The largest absolute Gasteiger partial charge is 0.495 e. The Morgan fingerprint density at radius 2 is 1.75 bits per heavy atom. The number of fused-ring (bicyclic) bond motifs is 1. The van der Waals surface area contributed by atoms with Crippen molar-refractivity contribution in [2.75, 3.05) is 24.0 Å². The molecule has 1 atom stereocenters. The molecule has 2 heterocycles. The molecule has 0 saturated carbocycles. The molecule has 0 radical (unpaired) electrons. The van der Waals surface area contributed by atoms with Gasteiger partial charge in [0.2, 0.25) is 0 Å². The summed E-state index contributed by atoms with van der Waals surface area (Å²) in [7, 11) is 1.62. The summed E-state index contributed by atoms with van der Waals surface area (Å²) in [4.78, 5) is 13.2. The highest BCUT2D eigenvalue weighted by atomic mass is 16.5. The lowest BCUT2D eigenvalue weighted by Gasteiger charge is -2.16. The number of rotatable bonds is 8. The monoisotopic (exact) mass is 480 g/mol. The van der Waals surface area contributed by atoms with Gasteiger partial charge in [0.25, 0.3) is 5.91 Å². The van der Waals surface area contributed by atoms with Crippen LogP contribution in [-0.2, 0) is 11.3 Å². The van der Waals surface area contributed by atoms with E-state index in [0.29, 0.717) is 24.4 Å². The fourth-order valence-corrected chi connectivity index (χ4v) is 4.44. The number of anilines is 2. The summed E-state index contributed by atoms with van der Waals surface area (Å²) in [6.07, 6.45) is 3.23. The molecular formula is C29H28N4O3. The molecule has 3 aromatic carbocycles. The molecule has 7 heteroatoms. The second-order valence-electron chi connectivity index (χ2n) is 8.68. The molecule has 1 aromatic heterocycles. The molecule has 4 aromatic rings. The fourth-order valence-electron chi connectivity index (χ4n) is 4.44. The maximum absolute atomic E-state index is 13.2. The van der Waals surface area contributed by atoms with E-state index in [1.807, 2.05) is 103 Å². The van der Waals surface area contributed by atoms with E-state index in [-0.39, 0.29) is 5.91 Å². The molecule has 0 spiro atoms. The van der Waals surface area contributed by atoms with Crippen LogP contribution >= 0.6 is 0 Å². The Morgan fingerprint density at radius 3 is 2.56 bits per heavy atom. The Hall–Kier alpha value is -4.36. The van der Waals surface area contributed by atoms with Crippen LogP contribution in [0.3, 0.4) is 0 Å². The summed E-state index contributed by atoms with van der Waals surface area (Å²) < 4.78 is 7.40. The highest BCUT2D eigenvalue weighted by molar-refractivity contribution is 6.32. The number of methoxy groups -OCH3 is 1. The van der Waals surface area contributed by atoms with Gasteiger partial charge >= 0.3 is 0 Å². The number of carbonyl (C=O) groups is 1. The molecule has 2 N–H and O–H groups in total. The Bertz CT molecular complexity index is 1460. The van der Waals surface area contributed by atoms with Gasteiger partial charge in [0, 0.05) is 29.2 Å². The van der Waals surface area contributed by atoms with Gasteiger partial charge in [-0.05, 0) is 43.3 Å². The number of amides is 1. The highest BCUT2D eigenvalue weighted by Gasteiger charge is 2.29. The van der Waals surface area contributed by atoms with E-state index < -0.39 is 6.10 Å². The van der Waals surface area contributed by atoms with Crippen LogP contribution in [0.1, 0.15) is 12.5 Å². The lowest BCUT2D eigenvalue weighted by Crippen LogP contribution is -2.24. The van der Waals surface area contributed by atoms with E-state index in [0.717, 1.165) is 33.6 Å². The van der Waals surface area contributed by atoms with Crippen LogP contribution in [0.4, 0.5) is 11.4 Å². The number of para-hydroxylation sites is 4. The molecule has 0 fully saturated rings. The lowest BCUT2D eigenvalue weighted by atomic mass is 10.1. The van der Waals surface area contributed by atoms with Crippen LogP contribution in [-0.4, -0.2) is 41.1 Å². The molecule has 182 valence electrons. The van der Waals surface area contributed by atoms with E-state index >= 15 is 0 Å². The number of aromatic nitrogens is 1. The lowest BCUT2D eigenvalue weighted by molar-refractivity contribution is -0.114. The minimum atomic E-state index is -0.642. The molecule has 1 amide bonds. The van der Waals surface area contributed by atoms with Crippen LogP contribution in [0.5, 0.6) is 5.75 Å². The van der Waals surface area contributed by atoms with E-state index in [9.17, 15) is 9.90 Å². The fraction of sp³-hybridized carbons (Fsp3) is 0.172. The van der Waals surface area contributed by atoms with Gasteiger partial charge in [0.15, 0.2) is 0 Å². The van der Waals surface area contributed by atoms with Gasteiger partial charge in [-0.3, -0.25) is 4.79 Å². The van der Waals surface area contributed by atoms with E-state index in [2.05, 4.69) is 10.4 Å². The summed E-state index contributed by atoms with van der Waals surface area (Å²) >= 11 is 0. The van der Waals surface area contributed by atoms with Gasteiger partial charge in [-0.1, -0.05) is 48.5 Å². The minimum Gasteiger partial charge on any atom is -0.495 e. The van der Waals surface area contributed by atoms with Crippen molar-refractivity contribution in [1.29, 1.82) is 0 Å². The zero-order valence-electron chi connectivity index (χ0n) is 20.3. The first-order valence-corrected chi connectivity index (χ1v) is 11.8. The van der Waals surface area contributed by atoms with Crippen molar-refractivity contribution in [3.8, 4) is 5.75 Å². The Morgan fingerprint density at radius 1 is 1.03 bits per heavy atom. The molecule has 1 aliphatic rings. The number of ether oxygens (including phenoxy) is 1. The summed E-state index contributed by atoms with van der Waals surface area (Å²) in [5, 5.41) is 21.0. The number of nitrogens with one attached hydrogen (secondary N) is 1. The van der Waals surface area contributed by atoms with E-state index in [4.69, 9.17) is 4.74 Å². The van der Waals surface area contributed by atoms with Gasteiger partial charge in [-0.25, -0.2) is 0 Å². The van der Waals surface area contributed by atoms with Crippen LogP contribution in [0.25, 0.3) is 17.0 Å². The SMILES string of the molecule is COc1ccccc1NCC(O)Cn1cc(C=C2C(=O)N(c3ccccc3)N=C2C)c2ccccc21. The first-order chi connectivity index (χ1) is 17.5. The van der Waals surface area contributed by atoms with Crippen LogP contribution in [0.2, 0.25) is 0 Å². The van der Waals surface area contributed by atoms with Crippen molar-refractivity contribution >= 4 is 40.0 Å². The normalized spacial score (nSPS) is 15.4. The summed E-state index contributed by atoms with van der Waals surface area (Å²) in [5.41, 5.74) is 4.68. The molecule has 1 unspecified atom stereocenters. The second kappa shape index (κ2) is 10.1. The summed E-state index contributed by atoms with van der Waals surface area (Å²) in [5.74, 6) is 0.574. The number of carbonyl (C=O) groups excluding carboxylic acids is 1. The maximum atomic E-state index is 13.2. The van der Waals surface area contributed by atoms with Gasteiger partial charge < -0.3 is 19.7 Å². The molecule has 0 bridgehead atoms. The Labute approximate surface area is 209 Å². The second-order valence-corrected chi connectivity index (χ2v) is 8.68. The Balaban J connectivity index is 1.38. The van der Waals surface area contributed by atoms with Crippen LogP contribution in [0.15, 0.2) is 95.7 Å². The average molecular weight is 481 g/mol. The molecule has 1 aliphatic heterocycles. The van der Waals surface area contributed by atoms with Crippen molar-refractivity contribution in [3.63, 3.8) is 0 Å². The molecule has 0 aliphatic carbocycles. The van der Waals surface area contributed by atoms with E-state index in [1.165, 1.54) is 5.01 Å². The standard InChI is InChI=1S/C29H28N4O3/c1-20-25(29(35)33(31-20)22-10-4-3-5-11-22)16-21-18-32(27-14-8-6-12-24(21)27)19-23(34)17-30-26-13-7-9-15-28(26)36-2/h3-16,18,23,30,34H,17,19H2,1-2H3. The summed E-state index contributed by atoms with van der Waals surface area (Å²) in [6, 6.07) is 25.0. The zero-order valence-corrected chi connectivity index (χ0v) is 20.3. The quantitative estimate of drug-likeness (QED) is 0.351. The summed E-state index contributed by atoms with van der Waals surface area (Å²) in [6.45, 7) is 2.60. The predicted octanol–water partition coefficient (Wildman–Crippen LogP) is 4.93. The first-order valence-electron chi connectivity index (χ1n) is 11.8. The third-order valence-electron chi connectivity index (χ3n) is 6.23. The smallest absolute Gasteiger partial charge is 0.280 e. The van der Waals surface area contributed by atoms with Gasteiger partial charge in [0.05, 0.1) is 42.4 Å². The molecule has 5 rings (SSSR count). The van der Waals surface area contributed by atoms with Crippen molar-refractivity contribution in [3.05, 3.63) is 96.2 Å². The Kier molecular flexibility index (Phi) is 6.56. The maximum Gasteiger partial charge on any atom is 0.280 e. The number of benzene rings is 3. The predicted molar refractivity (Wildman–Crippen MR) is 144 cm³/mol. The first kappa shape index (κ1) is 23.4. The number of aliphatic hydroxyl groups is 1. The minimum absolute atomic E-state index is 0.156. The van der Waals surface area contributed by atoms with Crippen LogP contribution < -0.4 is 15.1 Å². The number of aliphatic hydroxyl groups excluding tert-OH is 1. The number of hydrogen-bond donors (Lipinski definition) is 2. The molecule has 36 heavy (non-hydrogen) atoms. The molecular weight excluding hydrogens is 452 g/mol. The number of hydrazone groups is 1. The van der Waals surface area contributed by atoms with Crippen LogP contribution in [0, 0.1) is 0 Å². The highest BCUT2D eigenvalue weighted by Crippen LogP contribution is 2.29. The van der Waals surface area contributed by atoms with Crippen molar-refractivity contribution in [1.82, 2.24) is 4.57 Å².